The van der Waals surface area contributed by atoms with Gasteiger partial charge < -0.3 is 20.7 Å². The maximum atomic E-state index is 14.0. The second kappa shape index (κ2) is 9.64. The lowest BCUT2D eigenvalue weighted by Gasteiger charge is -2.19. The van der Waals surface area contributed by atoms with E-state index in [-0.39, 0.29) is 16.7 Å². The highest BCUT2D eigenvalue weighted by Gasteiger charge is 2.38. The van der Waals surface area contributed by atoms with Gasteiger partial charge in [0.2, 0.25) is 0 Å². The number of aromatic nitrogens is 1. The van der Waals surface area contributed by atoms with Crippen LogP contribution in [0.1, 0.15) is 28.9 Å². The van der Waals surface area contributed by atoms with E-state index in [4.69, 9.17) is 33.7 Å². The van der Waals surface area contributed by atoms with E-state index in [1.165, 1.54) is 12.1 Å². The summed E-state index contributed by atoms with van der Waals surface area (Å²) in [4.78, 5) is 19.2. The van der Waals surface area contributed by atoms with Gasteiger partial charge in [-0.25, -0.2) is 9.37 Å². The standard InChI is InChI=1S/C26H25Cl2FN4O2/c1-14(23-20(27)6-7-21(29)24(23)28)35-22-8-17(11-32-25(22)30)15-2-4-16(5-3-15)26(34)33-12-18-9-31-10-19(18)13-33/h2-8,11,14,18-19,31H,9-10,12-13H2,1H3,(H2,30,32). The zero-order valence-electron chi connectivity index (χ0n) is 19.1. The van der Waals surface area contributed by atoms with E-state index in [0.717, 1.165) is 37.3 Å². The second-order valence-electron chi connectivity index (χ2n) is 9.09. The van der Waals surface area contributed by atoms with Crippen LogP contribution in [0.3, 0.4) is 0 Å². The third kappa shape index (κ3) is 4.68. The van der Waals surface area contributed by atoms with Gasteiger partial charge in [0, 0.05) is 54.1 Å². The lowest BCUT2D eigenvalue weighted by molar-refractivity contribution is 0.0781. The van der Waals surface area contributed by atoms with E-state index < -0.39 is 11.9 Å². The Morgan fingerprint density at radius 3 is 2.51 bits per heavy atom. The van der Waals surface area contributed by atoms with Gasteiger partial charge in [0.05, 0.1) is 5.02 Å². The van der Waals surface area contributed by atoms with Crippen LogP contribution in [0.25, 0.3) is 11.1 Å². The van der Waals surface area contributed by atoms with Crippen molar-refractivity contribution < 1.29 is 13.9 Å². The molecule has 0 saturated carbocycles. The molecule has 0 bridgehead atoms. The van der Waals surface area contributed by atoms with Gasteiger partial charge in [-0.05, 0) is 54.7 Å². The molecule has 3 heterocycles. The molecule has 2 aromatic carbocycles. The maximum Gasteiger partial charge on any atom is 0.253 e. The summed E-state index contributed by atoms with van der Waals surface area (Å²) >= 11 is 12.4. The first kappa shape index (κ1) is 23.9. The van der Waals surface area contributed by atoms with Crippen LogP contribution in [0.2, 0.25) is 10.0 Å². The van der Waals surface area contributed by atoms with Crippen LogP contribution in [0.15, 0.2) is 48.7 Å². The summed E-state index contributed by atoms with van der Waals surface area (Å²) in [5, 5.41) is 3.60. The third-order valence-electron chi connectivity index (χ3n) is 6.81. The zero-order valence-corrected chi connectivity index (χ0v) is 20.6. The number of ether oxygens (including phenoxy) is 1. The molecular weight excluding hydrogens is 490 g/mol. The largest absolute Gasteiger partial charge is 0.482 e. The van der Waals surface area contributed by atoms with Gasteiger partial charge in [0.25, 0.3) is 5.91 Å². The smallest absolute Gasteiger partial charge is 0.253 e. The van der Waals surface area contributed by atoms with E-state index in [1.807, 2.05) is 29.2 Å². The summed E-state index contributed by atoms with van der Waals surface area (Å²) < 4.78 is 19.9. The third-order valence-corrected chi connectivity index (χ3v) is 7.53. The molecule has 2 aliphatic heterocycles. The Hall–Kier alpha value is -2.87. The van der Waals surface area contributed by atoms with E-state index in [0.29, 0.717) is 33.7 Å². The van der Waals surface area contributed by atoms with Crippen molar-refractivity contribution in [1.82, 2.24) is 15.2 Å². The molecule has 0 radical (unpaired) electrons. The number of amides is 1. The average Bonchev–Trinajstić information content (AvgIpc) is 3.45. The Morgan fingerprint density at radius 1 is 1.14 bits per heavy atom. The van der Waals surface area contributed by atoms with Crippen molar-refractivity contribution in [3.63, 3.8) is 0 Å². The quantitative estimate of drug-likeness (QED) is 0.457. The van der Waals surface area contributed by atoms with Gasteiger partial charge >= 0.3 is 0 Å². The van der Waals surface area contributed by atoms with Crippen molar-refractivity contribution in [2.75, 3.05) is 31.9 Å². The molecule has 3 aromatic rings. The molecule has 3 unspecified atom stereocenters. The van der Waals surface area contributed by atoms with Crippen LogP contribution >= 0.6 is 23.2 Å². The van der Waals surface area contributed by atoms with Crippen molar-refractivity contribution >= 4 is 34.9 Å². The number of pyridine rings is 1. The number of halogens is 3. The fourth-order valence-corrected chi connectivity index (χ4v) is 5.56. The first-order valence-corrected chi connectivity index (χ1v) is 12.2. The monoisotopic (exact) mass is 514 g/mol. The molecule has 9 heteroatoms. The molecule has 2 aliphatic rings. The number of hydrogen-bond acceptors (Lipinski definition) is 5. The predicted octanol–water partition coefficient (Wildman–Crippen LogP) is 5.21. The molecule has 1 aromatic heterocycles. The molecule has 5 rings (SSSR count). The van der Waals surface area contributed by atoms with Crippen molar-refractivity contribution in [3.8, 4) is 16.9 Å². The number of carbonyl (C=O) groups is 1. The number of fused-ring (bicyclic) bond motifs is 1. The van der Waals surface area contributed by atoms with Crippen molar-refractivity contribution in [1.29, 1.82) is 0 Å². The lowest BCUT2D eigenvalue weighted by atomic mass is 10.0. The summed E-state index contributed by atoms with van der Waals surface area (Å²) in [6, 6.07) is 11.8. The molecule has 2 fully saturated rings. The van der Waals surface area contributed by atoms with Crippen molar-refractivity contribution in [2.24, 2.45) is 11.8 Å². The van der Waals surface area contributed by atoms with Crippen LogP contribution in [-0.2, 0) is 0 Å². The van der Waals surface area contributed by atoms with Gasteiger partial charge in [-0.2, -0.15) is 0 Å². The number of hydrogen-bond donors (Lipinski definition) is 2. The number of anilines is 1. The van der Waals surface area contributed by atoms with Gasteiger partial charge in [-0.15, -0.1) is 0 Å². The number of benzene rings is 2. The molecule has 182 valence electrons. The summed E-state index contributed by atoms with van der Waals surface area (Å²) in [7, 11) is 0. The molecule has 3 N–H and O–H groups in total. The second-order valence-corrected chi connectivity index (χ2v) is 9.88. The highest BCUT2D eigenvalue weighted by atomic mass is 35.5. The SMILES string of the molecule is CC(Oc1cc(-c2ccc(C(=O)N3CC4CNCC4C3)cc2)cnc1N)c1c(Cl)ccc(F)c1Cl. The Bertz CT molecular complexity index is 1260. The van der Waals surface area contributed by atoms with Gasteiger partial charge in [-0.1, -0.05) is 35.3 Å². The van der Waals surface area contributed by atoms with Crippen LogP contribution in [0, 0.1) is 17.7 Å². The van der Waals surface area contributed by atoms with Gasteiger partial charge in [0.15, 0.2) is 11.6 Å². The normalized spacial score (nSPS) is 20.1. The Balaban J connectivity index is 1.33. The first-order valence-electron chi connectivity index (χ1n) is 11.5. The van der Waals surface area contributed by atoms with Crippen LogP contribution in [0.5, 0.6) is 5.75 Å². The molecule has 0 aliphatic carbocycles. The van der Waals surface area contributed by atoms with E-state index >= 15 is 0 Å². The zero-order chi connectivity index (χ0) is 24.7. The minimum atomic E-state index is -0.666. The molecule has 6 nitrogen and oxygen atoms in total. The summed E-state index contributed by atoms with van der Waals surface area (Å²) in [6.45, 7) is 5.29. The van der Waals surface area contributed by atoms with Crippen LogP contribution in [-0.4, -0.2) is 42.0 Å². The predicted molar refractivity (Wildman–Crippen MR) is 135 cm³/mol. The molecule has 0 spiro atoms. The van der Waals surface area contributed by atoms with Gasteiger partial charge in [-0.3, -0.25) is 4.79 Å². The summed E-state index contributed by atoms with van der Waals surface area (Å²) in [5.41, 5.74) is 8.66. The van der Waals surface area contributed by atoms with Crippen molar-refractivity contribution in [3.05, 3.63) is 75.7 Å². The average molecular weight is 515 g/mol. The molecule has 3 atom stereocenters. The molecular formula is C26H25Cl2FN4O2. The minimum Gasteiger partial charge on any atom is -0.482 e. The number of nitrogen functional groups attached to an aromatic ring is 1. The molecule has 1 amide bonds. The topological polar surface area (TPSA) is 80.5 Å². The summed E-state index contributed by atoms with van der Waals surface area (Å²) in [5.74, 6) is 1.09. The Kier molecular flexibility index (Phi) is 6.57. The fraction of sp³-hybridized carbons (Fsp3) is 0.308. The van der Waals surface area contributed by atoms with Crippen LogP contribution in [0.4, 0.5) is 10.2 Å². The number of carbonyl (C=O) groups excluding carboxylic acids is 1. The number of rotatable bonds is 5. The fourth-order valence-electron chi connectivity index (χ4n) is 4.88. The van der Waals surface area contributed by atoms with E-state index in [1.54, 1.807) is 19.2 Å². The number of likely N-dealkylation sites (tertiary alicyclic amines) is 1. The molecule has 35 heavy (non-hydrogen) atoms. The van der Waals surface area contributed by atoms with E-state index in [2.05, 4.69) is 10.3 Å². The van der Waals surface area contributed by atoms with Crippen LogP contribution < -0.4 is 15.8 Å². The maximum absolute atomic E-state index is 14.0. The highest BCUT2D eigenvalue weighted by molar-refractivity contribution is 6.36. The number of nitrogens with two attached hydrogens (primary N) is 1. The lowest BCUT2D eigenvalue weighted by Crippen LogP contribution is -2.31. The summed E-state index contributed by atoms with van der Waals surface area (Å²) in [6.07, 6.45) is 0.973. The minimum absolute atomic E-state index is 0.0584. The van der Waals surface area contributed by atoms with E-state index in [9.17, 15) is 9.18 Å². The Morgan fingerprint density at radius 2 is 1.83 bits per heavy atom. The molecule has 2 saturated heterocycles. The van der Waals surface area contributed by atoms with Crippen molar-refractivity contribution in [2.45, 2.75) is 13.0 Å². The Labute approximate surface area is 213 Å². The number of nitrogens with zero attached hydrogens (tertiary/aromatic N) is 2. The number of nitrogens with one attached hydrogen (secondary N) is 1. The van der Waals surface area contributed by atoms with Gasteiger partial charge in [0.1, 0.15) is 11.9 Å². The highest BCUT2D eigenvalue weighted by Crippen LogP contribution is 2.37. The first-order chi connectivity index (χ1) is 16.8.